The monoisotopic (exact) mass is 739 g/mol. The van der Waals surface area contributed by atoms with Gasteiger partial charge in [-0.05, 0) is 61.2 Å². The highest BCUT2D eigenvalue weighted by atomic mass is 32.2. The number of nitrogens with zero attached hydrogens (tertiary/aromatic N) is 5. The van der Waals surface area contributed by atoms with E-state index in [4.69, 9.17) is 4.74 Å². The molecule has 3 heterocycles. The first-order valence-electron chi connectivity index (χ1n) is 15.4. The number of nitro benzene ring substituents is 1. The Bertz CT molecular complexity index is 2140. The third kappa shape index (κ3) is 8.30. The van der Waals surface area contributed by atoms with Crippen LogP contribution in [0.2, 0.25) is 0 Å². The Balaban J connectivity index is 1.31. The van der Waals surface area contributed by atoms with Crippen molar-refractivity contribution in [1.29, 1.82) is 0 Å². The number of hydrogen-bond acceptors (Lipinski definition) is 11. The fraction of sp³-hybridized carbons (Fsp3) is 0.212. The number of ether oxygens (including phenoxy) is 1. The number of halogens is 3. The minimum atomic E-state index is -4.94. The lowest BCUT2D eigenvalue weighted by atomic mass is 9.96. The van der Waals surface area contributed by atoms with Gasteiger partial charge in [0.05, 0.1) is 33.6 Å². The summed E-state index contributed by atoms with van der Waals surface area (Å²) < 4.78 is 79.5. The second-order valence-corrected chi connectivity index (χ2v) is 14.1. The van der Waals surface area contributed by atoms with Gasteiger partial charge >= 0.3 is 6.18 Å². The molecule has 0 aliphatic carbocycles. The van der Waals surface area contributed by atoms with Crippen LogP contribution >= 0.6 is 11.3 Å². The molecule has 1 fully saturated rings. The summed E-state index contributed by atoms with van der Waals surface area (Å²) in [5.74, 6) is -1.49. The predicted octanol–water partition coefficient (Wildman–Crippen LogP) is 6.77. The molecule has 18 heteroatoms. The van der Waals surface area contributed by atoms with E-state index in [2.05, 4.69) is 25.2 Å². The number of nitro groups is 1. The second kappa shape index (κ2) is 14.8. The summed E-state index contributed by atoms with van der Waals surface area (Å²) in [5, 5.41) is 23.1. The second-order valence-electron chi connectivity index (χ2n) is 11.4. The maximum absolute atomic E-state index is 15.1. The maximum Gasteiger partial charge on any atom is 0.422 e. The molecular weight excluding hydrogens is 712 g/mol. The van der Waals surface area contributed by atoms with Gasteiger partial charge < -0.3 is 15.0 Å². The van der Waals surface area contributed by atoms with Crippen LogP contribution in [0, 0.1) is 16.0 Å². The molecule has 0 spiro atoms. The average molecular weight is 740 g/mol. The molecule has 2 aromatic heterocycles. The first kappa shape index (κ1) is 35.4. The quantitative estimate of drug-likeness (QED) is 0.109. The van der Waals surface area contributed by atoms with Crippen LogP contribution in [0.25, 0.3) is 10.6 Å². The molecule has 51 heavy (non-hydrogen) atoms. The van der Waals surface area contributed by atoms with Crippen LogP contribution in [0.5, 0.6) is 11.5 Å². The molecule has 0 unspecified atom stereocenters. The van der Waals surface area contributed by atoms with Crippen LogP contribution in [0.15, 0.2) is 95.5 Å². The minimum Gasteiger partial charge on any atom is -0.457 e. The summed E-state index contributed by atoms with van der Waals surface area (Å²) >= 11 is 1.16. The van der Waals surface area contributed by atoms with Crippen LogP contribution in [0.4, 0.5) is 30.2 Å². The highest BCUT2D eigenvalue weighted by Crippen LogP contribution is 2.48. The Morgan fingerprint density at radius 1 is 1.06 bits per heavy atom. The number of carbonyl (C=O) groups excluding carboxylic acids is 1. The molecule has 0 radical (unpaired) electrons. The van der Waals surface area contributed by atoms with Crippen molar-refractivity contribution >= 4 is 44.3 Å². The number of para-hydroxylation sites is 1. The smallest absolute Gasteiger partial charge is 0.422 e. The summed E-state index contributed by atoms with van der Waals surface area (Å²) in [6.07, 6.45) is -1.10. The third-order valence-electron chi connectivity index (χ3n) is 7.97. The summed E-state index contributed by atoms with van der Waals surface area (Å²) in [6, 6.07) is 16.5. The van der Waals surface area contributed by atoms with E-state index < -0.39 is 44.3 Å². The fourth-order valence-corrected chi connectivity index (χ4v) is 7.49. The van der Waals surface area contributed by atoms with E-state index in [0.717, 1.165) is 41.7 Å². The van der Waals surface area contributed by atoms with Crippen LogP contribution in [-0.4, -0.2) is 54.1 Å². The molecule has 264 valence electrons. The Labute approximate surface area is 293 Å². The molecule has 0 bridgehead atoms. The number of nitrogens with one attached hydrogen (secondary N) is 2. The molecule has 3 aromatic carbocycles. The number of thiazole rings is 1. The molecule has 1 atom stereocenters. The van der Waals surface area contributed by atoms with E-state index in [9.17, 15) is 23.3 Å². The van der Waals surface area contributed by atoms with Crippen molar-refractivity contribution in [3.63, 3.8) is 0 Å². The molecule has 2 N–H and O–H groups in total. The van der Waals surface area contributed by atoms with Crippen molar-refractivity contribution in [3.8, 4) is 22.1 Å². The van der Waals surface area contributed by atoms with Crippen molar-refractivity contribution < 1.29 is 36.0 Å². The zero-order valence-corrected chi connectivity index (χ0v) is 28.0. The number of hydrogen-bond donors (Lipinski definition) is 2. The Kier molecular flexibility index (Phi) is 10.3. The largest absolute Gasteiger partial charge is 0.457 e. The molecule has 1 aliphatic rings. The van der Waals surface area contributed by atoms with E-state index in [0.29, 0.717) is 23.4 Å². The van der Waals surface area contributed by atoms with E-state index in [1.165, 1.54) is 40.9 Å². The number of carbonyl (C=O) groups is 1. The van der Waals surface area contributed by atoms with Gasteiger partial charge in [-0.2, -0.15) is 23.4 Å². The number of benzene rings is 3. The maximum atomic E-state index is 15.1. The summed E-state index contributed by atoms with van der Waals surface area (Å²) in [6.45, 7) is 0.0478. The predicted molar refractivity (Wildman–Crippen MR) is 182 cm³/mol. The van der Waals surface area contributed by atoms with Crippen LogP contribution < -0.4 is 19.7 Å². The summed E-state index contributed by atoms with van der Waals surface area (Å²) in [4.78, 5) is 29.4. The molecular formula is C33H28F3N7O6S2. The normalized spacial score (nSPS) is 15.0. The molecule has 1 aliphatic heterocycles. The highest BCUT2D eigenvalue weighted by molar-refractivity contribution is 7.89. The lowest BCUT2D eigenvalue weighted by Gasteiger charge is -2.37. The average Bonchev–Trinajstić information content (AvgIpc) is 3.63. The molecule has 1 amide bonds. The van der Waals surface area contributed by atoms with Gasteiger partial charge in [0.2, 0.25) is 10.0 Å². The standard InChI is InChI=1S/C33H28F3N7O6S2/c34-33(35,36)29-28(49-24-6-2-1-3-7-24)13-12-26(40-31(44)27-20-50-32(41-27)22-14-15-37-38-18-22)30(29)42-16-4-5-21(19-42)17-39-51(47,48)25-10-8-23(9-11-25)43(45)46/h1-3,6-15,18,20-21,39H,4-5,16-17,19H2,(H,40,44)/t21-/m0/s1. The third-order valence-corrected chi connectivity index (χ3v) is 10.3. The lowest BCUT2D eigenvalue weighted by molar-refractivity contribution is -0.384. The van der Waals surface area contributed by atoms with Crippen LogP contribution in [0.1, 0.15) is 28.9 Å². The molecule has 5 aromatic rings. The molecule has 13 nitrogen and oxygen atoms in total. The zero-order valence-electron chi connectivity index (χ0n) is 26.4. The van der Waals surface area contributed by atoms with Crippen molar-refractivity contribution in [2.75, 3.05) is 29.9 Å². The first-order chi connectivity index (χ1) is 24.4. The Hall–Kier alpha value is -5.46. The topological polar surface area (TPSA) is 170 Å². The van der Waals surface area contributed by atoms with E-state index in [1.807, 2.05) is 0 Å². The summed E-state index contributed by atoms with van der Waals surface area (Å²) in [5.41, 5.74) is -1.27. The van der Waals surface area contributed by atoms with Gasteiger partial charge in [-0.1, -0.05) is 18.2 Å². The summed E-state index contributed by atoms with van der Waals surface area (Å²) in [7, 11) is -4.09. The zero-order chi connectivity index (χ0) is 36.2. The number of amides is 1. The highest BCUT2D eigenvalue weighted by Gasteiger charge is 2.41. The van der Waals surface area contributed by atoms with E-state index in [1.54, 1.807) is 24.3 Å². The number of alkyl halides is 3. The SMILES string of the molecule is O=C(Nc1ccc(Oc2ccccc2)c(C(F)(F)F)c1N1CCC[C@@H](CNS(=O)(=O)c2ccc([N+](=O)[O-])cc2)C1)c1csc(-c2ccnnc2)n1. The Morgan fingerprint density at radius 3 is 2.51 bits per heavy atom. The molecule has 6 rings (SSSR count). The van der Waals surface area contributed by atoms with Gasteiger partial charge in [0.1, 0.15) is 27.8 Å². The van der Waals surface area contributed by atoms with Gasteiger partial charge in [0, 0.05) is 42.7 Å². The lowest BCUT2D eigenvalue weighted by Crippen LogP contribution is -2.42. The van der Waals surface area contributed by atoms with Gasteiger partial charge in [-0.25, -0.2) is 18.1 Å². The van der Waals surface area contributed by atoms with E-state index >= 15 is 13.2 Å². The van der Waals surface area contributed by atoms with Crippen molar-refractivity contribution in [3.05, 3.63) is 112 Å². The Morgan fingerprint density at radius 2 is 1.82 bits per heavy atom. The number of anilines is 2. The molecule has 1 saturated heterocycles. The number of rotatable bonds is 11. The van der Waals surface area contributed by atoms with Crippen molar-refractivity contribution in [1.82, 2.24) is 19.9 Å². The molecule has 0 saturated carbocycles. The van der Waals surface area contributed by atoms with Gasteiger partial charge in [0.25, 0.3) is 11.6 Å². The first-order valence-corrected chi connectivity index (χ1v) is 17.8. The number of aromatic nitrogens is 3. The van der Waals surface area contributed by atoms with Crippen LogP contribution in [-0.2, 0) is 16.2 Å². The van der Waals surface area contributed by atoms with Crippen molar-refractivity contribution in [2.24, 2.45) is 5.92 Å². The number of non-ortho nitro benzene ring substituents is 1. The van der Waals surface area contributed by atoms with Crippen molar-refractivity contribution in [2.45, 2.75) is 23.9 Å². The number of piperidine rings is 1. The minimum absolute atomic E-state index is 0.000581. The van der Waals surface area contributed by atoms with Crippen LogP contribution in [0.3, 0.4) is 0 Å². The number of sulfonamides is 1. The van der Waals surface area contributed by atoms with Gasteiger partial charge in [-0.3, -0.25) is 14.9 Å². The van der Waals surface area contributed by atoms with Gasteiger partial charge in [-0.15, -0.1) is 11.3 Å². The fourth-order valence-electron chi connectivity index (χ4n) is 5.58. The van der Waals surface area contributed by atoms with E-state index in [-0.39, 0.29) is 53.0 Å². The van der Waals surface area contributed by atoms with Gasteiger partial charge in [0.15, 0.2) is 0 Å².